The maximum absolute atomic E-state index is 12.6. The third-order valence-corrected chi connectivity index (χ3v) is 4.20. The van der Waals surface area contributed by atoms with Crippen molar-refractivity contribution >= 4 is 23.2 Å². The Bertz CT molecular complexity index is 672. The first-order valence-electron chi connectivity index (χ1n) is 7.00. The lowest BCUT2D eigenvalue weighted by molar-refractivity contribution is -0.120. The number of fused-ring (bicyclic) bond motifs is 1. The number of nitrogens with two attached hydrogens (primary N) is 1. The molecule has 0 fully saturated rings. The molecule has 3 rings (SSSR count). The van der Waals surface area contributed by atoms with E-state index >= 15 is 0 Å². The molecule has 2 aromatic carbocycles. The van der Waals surface area contributed by atoms with Crippen molar-refractivity contribution in [2.45, 2.75) is 25.4 Å². The fourth-order valence-corrected chi connectivity index (χ4v) is 3.05. The predicted octanol–water partition coefficient (Wildman–Crippen LogP) is 3.32. The molecule has 108 valence electrons. The molecule has 2 atom stereocenters. The number of hydrogen-bond donors (Lipinski definition) is 1. The van der Waals surface area contributed by atoms with Gasteiger partial charge in [-0.1, -0.05) is 41.9 Å². The molecule has 0 aliphatic carbocycles. The van der Waals surface area contributed by atoms with Crippen molar-refractivity contribution in [2.75, 3.05) is 4.90 Å². The Morgan fingerprint density at radius 2 is 1.95 bits per heavy atom. The van der Waals surface area contributed by atoms with E-state index in [2.05, 4.69) is 0 Å². The molecule has 0 saturated carbocycles. The van der Waals surface area contributed by atoms with Crippen molar-refractivity contribution in [1.82, 2.24) is 0 Å². The summed E-state index contributed by atoms with van der Waals surface area (Å²) in [5, 5.41) is 0.669. The average molecular weight is 301 g/mol. The van der Waals surface area contributed by atoms with Gasteiger partial charge < -0.3 is 10.6 Å². The van der Waals surface area contributed by atoms with Crippen LogP contribution in [-0.4, -0.2) is 11.9 Å². The Morgan fingerprint density at radius 3 is 2.67 bits per heavy atom. The standard InChI is InChI=1S/C17H17ClN2O/c1-11(12-5-3-2-4-6-12)20-16-8-7-14(18)9-13(16)10-15(19)17(20)21/h2-9,11,15H,10,19H2,1H3/t11-,15+/m0/s1. The second kappa shape index (κ2) is 5.51. The monoisotopic (exact) mass is 300 g/mol. The van der Waals surface area contributed by atoms with Gasteiger partial charge in [0.1, 0.15) is 0 Å². The molecular formula is C17H17ClN2O. The van der Waals surface area contributed by atoms with Gasteiger partial charge in [0.15, 0.2) is 0 Å². The number of amides is 1. The van der Waals surface area contributed by atoms with Crippen LogP contribution in [0.5, 0.6) is 0 Å². The smallest absolute Gasteiger partial charge is 0.244 e. The molecule has 0 bridgehead atoms. The summed E-state index contributed by atoms with van der Waals surface area (Å²) in [5.41, 5.74) is 9.03. The fourth-order valence-electron chi connectivity index (χ4n) is 2.85. The minimum atomic E-state index is -0.512. The summed E-state index contributed by atoms with van der Waals surface area (Å²) in [6, 6.07) is 15.0. The molecule has 0 aromatic heterocycles. The van der Waals surface area contributed by atoms with E-state index in [-0.39, 0.29) is 11.9 Å². The van der Waals surface area contributed by atoms with Crippen molar-refractivity contribution in [1.29, 1.82) is 0 Å². The Kier molecular flexibility index (Phi) is 3.70. The van der Waals surface area contributed by atoms with Gasteiger partial charge in [0, 0.05) is 10.7 Å². The van der Waals surface area contributed by atoms with Gasteiger partial charge in [-0.3, -0.25) is 4.79 Å². The summed E-state index contributed by atoms with van der Waals surface area (Å²) in [6.07, 6.45) is 0.534. The van der Waals surface area contributed by atoms with Crippen LogP contribution >= 0.6 is 11.6 Å². The van der Waals surface area contributed by atoms with Gasteiger partial charge in [0.2, 0.25) is 5.91 Å². The molecule has 0 unspecified atom stereocenters. The topological polar surface area (TPSA) is 46.3 Å². The summed E-state index contributed by atoms with van der Waals surface area (Å²) < 4.78 is 0. The van der Waals surface area contributed by atoms with Gasteiger partial charge in [0.05, 0.1) is 12.1 Å². The van der Waals surface area contributed by atoms with Gasteiger partial charge >= 0.3 is 0 Å². The number of hydrogen-bond acceptors (Lipinski definition) is 2. The van der Waals surface area contributed by atoms with Crippen LogP contribution < -0.4 is 10.6 Å². The molecule has 1 aliphatic heterocycles. The molecule has 2 aromatic rings. The second-order valence-electron chi connectivity index (χ2n) is 5.38. The Labute approximate surface area is 129 Å². The zero-order chi connectivity index (χ0) is 15.0. The van der Waals surface area contributed by atoms with Gasteiger partial charge in [-0.2, -0.15) is 0 Å². The van der Waals surface area contributed by atoms with E-state index < -0.39 is 6.04 Å². The first-order valence-corrected chi connectivity index (χ1v) is 7.38. The molecular weight excluding hydrogens is 284 g/mol. The van der Waals surface area contributed by atoms with Crippen LogP contribution in [0.1, 0.15) is 24.1 Å². The van der Waals surface area contributed by atoms with Crippen molar-refractivity contribution in [3.05, 3.63) is 64.7 Å². The summed E-state index contributed by atoms with van der Waals surface area (Å²) >= 11 is 6.06. The Balaban J connectivity index is 2.07. The van der Waals surface area contributed by atoms with Crippen molar-refractivity contribution in [2.24, 2.45) is 5.73 Å². The number of nitrogens with zero attached hydrogens (tertiary/aromatic N) is 1. The summed E-state index contributed by atoms with van der Waals surface area (Å²) in [6.45, 7) is 2.02. The zero-order valence-corrected chi connectivity index (χ0v) is 12.5. The second-order valence-corrected chi connectivity index (χ2v) is 5.81. The van der Waals surface area contributed by atoms with Crippen LogP contribution in [0.4, 0.5) is 5.69 Å². The van der Waals surface area contributed by atoms with Crippen LogP contribution in [0.3, 0.4) is 0 Å². The minimum absolute atomic E-state index is 0.0406. The van der Waals surface area contributed by atoms with Crippen LogP contribution in [0.25, 0.3) is 0 Å². The maximum Gasteiger partial charge on any atom is 0.244 e. The number of carbonyl (C=O) groups is 1. The third-order valence-electron chi connectivity index (χ3n) is 3.96. The van der Waals surface area contributed by atoms with E-state index in [1.807, 2.05) is 55.5 Å². The first-order chi connectivity index (χ1) is 10.1. The highest BCUT2D eigenvalue weighted by molar-refractivity contribution is 6.30. The quantitative estimate of drug-likeness (QED) is 0.925. The summed E-state index contributed by atoms with van der Waals surface area (Å²) in [7, 11) is 0. The van der Waals surface area contributed by atoms with Crippen LogP contribution in [0.2, 0.25) is 5.02 Å². The molecule has 3 nitrogen and oxygen atoms in total. The first kappa shape index (κ1) is 14.1. The van der Waals surface area contributed by atoms with Crippen LogP contribution in [-0.2, 0) is 11.2 Å². The van der Waals surface area contributed by atoms with E-state index in [4.69, 9.17) is 17.3 Å². The molecule has 4 heteroatoms. The molecule has 0 spiro atoms. The summed E-state index contributed by atoms with van der Waals surface area (Å²) in [5.74, 6) is -0.0406. The van der Waals surface area contributed by atoms with Crippen molar-refractivity contribution in [3.8, 4) is 0 Å². The van der Waals surface area contributed by atoms with E-state index in [0.29, 0.717) is 11.4 Å². The molecule has 0 saturated heterocycles. The zero-order valence-electron chi connectivity index (χ0n) is 11.8. The predicted molar refractivity (Wildman–Crippen MR) is 85.5 cm³/mol. The average Bonchev–Trinajstić information content (AvgIpc) is 2.49. The molecule has 0 radical (unpaired) electrons. The lowest BCUT2D eigenvalue weighted by Crippen LogP contribution is -2.49. The largest absolute Gasteiger partial charge is 0.320 e. The molecule has 21 heavy (non-hydrogen) atoms. The Morgan fingerprint density at radius 1 is 1.24 bits per heavy atom. The van der Waals surface area contributed by atoms with Gasteiger partial charge in [-0.25, -0.2) is 0 Å². The van der Waals surface area contributed by atoms with E-state index in [1.165, 1.54) is 0 Å². The van der Waals surface area contributed by atoms with Crippen LogP contribution in [0, 0.1) is 0 Å². The number of halogens is 1. The highest BCUT2D eigenvalue weighted by Gasteiger charge is 2.33. The lowest BCUT2D eigenvalue weighted by Gasteiger charge is -2.37. The van der Waals surface area contributed by atoms with E-state index in [9.17, 15) is 4.79 Å². The molecule has 1 amide bonds. The highest BCUT2D eigenvalue weighted by Crippen LogP contribution is 2.35. The fraction of sp³-hybridized carbons (Fsp3) is 0.235. The third kappa shape index (κ3) is 2.55. The number of rotatable bonds is 2. The lowest BCUT2D eigenvalue weighted by atomic mass is 9.94. The minimum Gasteiger partial charge on any atom is -0.320 e. The van der Waals surface area contributed by atoms with Crippen molar-refractivity contribution < 1.29 is 4.79 Å². The number of benzene rings is 2. The number of anilines is 1. The van der Waals surface area contributed by atoms with Crippen LogP contribution in [0.15, 0.2) is 48.5 Å². The van der Waals surface area contributed by atoms with Gasteiger partial charge in [-0.05, 0) is 42.7 Å². The Hall–Kier alpha value is -1.84. The molecule has 1 aliphatic rings. The van der Waals surface area contributed by atoms with E-state index in [0.717, 1.165) is 16.8 Å². The van der Waals surface area contributed by atoms with E-state index in [1.54, 1.807) is 4.90 Å². The number of carbonyl (C=O) groups excluding carboxylic acids is 1. The SMILES string of the molecule is C[C@@H](c1ccccc1)N1C(=O)[C@H](N)Cc2cc(Cl)ccc21. The molecule has 2 N–H and O–H groups in total. The summed E-state index contributed by atoms with van der Waals surface area (Å²) in [4.78, 5) is 14.3. The van der Waals surface area contributed by atoms with Gasteiger partial charge in [-0.15, -0.1) is 0 Å². The highest BCUT2D eigenvalue weighted by atomic mass is 35.5. The normalized spacial score (nSPS) is 19.3. The van der Waals surface area contributed by atoms with Gasteiger partial charge in [0.25, 0.3) is 0 Å². The molecule has 1 heterocycles. The maximum atomic E-state index is 12.6. The van der Waals surface area contributed by atoms with Crippen molar-refractivity contribution in [3.63, 3.8) is 0 Å².